The Hall–Kier alpha value is -3.35. The van der Waals surface area contributed by atoms with Crippen molar-refractivity contribution < 1.29 is 29.0 Å². The van der Waals surface area contributed by atoms with Gasteiger partial charge in [0.05, 0.1) is 20.8 Å². The maximum Gasteiger partial charge on any atom is 0.326 e. The highest BCUT2D eigenvalue weighted by Gasteiger charge is 2.34. The van der Waals surface area contributed by atoms with Gasteiger partial charge in [0.1, 0.15) is 6.04 Å². The van der Waals surface area contributed by atoms with E-state index in [4.69, 9.17) is 9.47 Å². The first-order chi connectivity index (χ1) is 13.8. The molecule has 0 heterocycles. The fraction of sp³-hybridized carbons (Fsp3) is 0.318. The van der Waals surface area contributed by atoms with Crippen LogP contribution in [-0.2, 0) is 4.79 Å². The normalized spacial score (nSPS) is 11.6. The van der Waals surface area contributed by atoms with Gasteiger partial charge in [-0.15, -0.1) is 0 Å². The third-order valence-corrected chi connectivity index (χ3v) is 4.52. The van der Waals surface area contributed by atoms with Gasteiger partial charge in [0, 0.05) is 11.1 Å². The first kappa shape index (κ1) is 21.9. The summed E-state index contributed by atoms with van der Waals surface area (Å²) in [5.41, 5.74) is 0.612. The number of carbonyl (C=O) groups is 3. The molecular weight excluding hydrogens is 374 g/mol. The molecule has 0 saturated heterocycles. The molecule has 1 amide bonds. The molecule has 154 valence electrons. The van der Waals surface area contributed by atoms with Gasteiger partial charge in [0.25, 0.3) is 5.91 Å². The van der Waals surface area contributed by atoms with Gasteiger partial charge in [0.2, 0.25) is 0 Å². The summed E-state index contributed by atoms with van der Waals surface area (Å²) in [4.78, 5) is 39.0. The van der Waals surface area contributed by atoms with E-state index in [1.807, 2.05) is 0 Å². The molecule has 0 fully saturated rings. The molecular formula is C22H25NO6. The number of nitrogens with zero attached hydrogens (tertiary/aromatic N) is 1. The fourth-order valence-corrected chi connectivity index (χ4v) is 3.08. The van der Waals surface area contributed by atoms with Crippen LogP contribution in [0.2, 0.25) is 0 Å². The van der Waals surface area contributed by atoms with Gasteiger partial charge in [-0.3, -0.25) is 9.59 Å². The van der Waals surface area contributed by atoms with Gasteiger partial charge in [-0.1, -0.05) is 32.0 Å². The van der Waals surface area contributed by atoms with E-state index >= 15 is 0 Å². The van der Waals surface area contributed by atoms with Crippen molar-refractivity contribution in [1.82, 2.24) is 4.90 Å². The van der Waals surface area contributed by atoms with Crippen LogP contribution in [0, 0.1) is 5.92 Å². The second-order valence-corrected chi connectivity index (χ2v) is 6.82. The van der Waals surface area contributed by atoms with Crippen LogP contribution in [0.4, 0.5) is 0 Å². The van der Waals surface area contributed by atoms with E-state index in [-0.39, 0.29) is 6.54 Å². The molecule has 7 nitrogen and oxygen atoms in total. The summed E-state index contributed by atoms with van der Waals surface area (Å²) < 4.78 is 10.4. The largest absolute Gasteiger partial charge is 0.493 e. The molecule has 0 saturated carbocycles. The molecule has 2 aromatic rings. The Kier molecular flexibility index (Phi) is 7.36. The Morgan fingerprint density at radius 2 is 1.55 bits per heavy atom. The number of amides is 1. The van der Waals surface area contributed by atoms with Crippen molar-refractivity contribution >= 4 is 17.7 Å². The highest BCUT2D eigenvalue weighted by Crippen LogP contribution is 2.28. The molecule has 1 N–H and O–H groups in total. The lowest BCUT2D eigenvalue weighted by Crippen LogP contribution is -2.50. The number of methoxy groups -OCH3 is 2. The lowest BCUT2D eigenvalue weighted by Gasteiger charge is -2.31. The number of ketones is 1. The number of aliphatic carboxylic acids is 1. The van der Waals surface area contributed by atoms with E-state index in [0.717, 1.165) is 4.90 Å². The zero-order chi connectivity index (χ0) is 21.6. The molecule has 29 heavy (non-hydrogen) atoms. The topological polar surface area (TPSA) is 93.1 Å². The summed E-state index contributed by atoms with van der Waals surface area (Å²) in [5, 5.41) is 9.70. The standard InChI is InChI=1S/C22H25NO6/c1-14(2)20(22(26)27)23(21(25)15-8-6-5-7-9-15)13-17(24)16-10-11-18(28-3)19(12-16)29-4/h5-12,14,20H,13H2,1-4H3,(H,26,27). The Morgan fingerprint density at radius 1 is 0.931 bits per heavy atom. The lowest BCUT2D eigenvalue weighted by molar-refractivity contribution is -0.143. The lowest BCUT2D eigenvalue weighted by atomic mass is 10.00. The van der Waals surface area contributed by atoms with Crippen LogP contribution < -0.4 is 9.47 Å². The number of rotatable bonds is 9. The molecule has 7 heteroatoms. The molecule has 1 unspecified atom stereocenters. The average molecular weight is 399 g/mol. The minimum atomic E-state index is -1.16. The van der Waals surface area contributed by atoms with Crippen LogP contribution in [-0.4, -0.2) is 54.5 Å². The maximum atomic E-state index is 13.1. The predicted molar refractivity (Wildman–Crippen MR) is 108 cm³/mol. The number of Topliss-reactive ketones (excluding diaryl/α,β-unsaturated/α-hetero) is 1. The first-order valence-electron chi connectivity index (χ1n) is 9.14. The molecule has 0 radical (unpaired) electrons. The Labute approximate surface area is 169 Å². The van der Waals surface area contributed by atoms with Crippen molar-refractivity contribution in [2.75, 3.05) is 20.8 Å². The van der Waals surface area contributed by atoms with Gasteiger partial charge in [-0.2, -0.15) is 0 Å². The number of carbonyl (C=O) groups excluding carboxylic acids is 2. The van der Waals surface area contributed by atoms with Crippen molar-refractivity contribution in [3.05, 3.63) is 59.7 Å². The van der Waals surface area contributed by atoms with Gasteiger partial charge in [-0.25, -0.2) is 4.79 Å². The molecule has 2 aromatic carbocycles. The molecule has 2 rings (SSSR count). The quantitative estimate of drug-likeness (QED) is 0.651. The minimum absolute atomic E-state index is 0.293. The number of hydrogen-bond acceptors (Lipinski definition) is 5. The van der Waals surface area contributed by atoms with E-state index in [1.54, 1.807) is 56.3 Å². The van der Waals surface area contributed by atoms with E-state index in [0.29, 0.717) is 22.6 Å². The van der Waals surface area contributed by atoms with Gasteiger partial charge in [0.15, 0.2) is 17.3 Å². The zero-order valence-corrected chi connectivity index (χ0v) is 16.9. The molecule has 0 aliphatic carbocycles. The van der Waals surface area contributed by atoms with Gasteiger partial charge >= 0.3 is 5.97 Å². The van der Waals surface area contributed by atoms with Crippen molar-refractivity contribution in [3.8, 4) is 11.5 Å². The van der Waals surface area contributed by atoms with Crippen LogP contribution in [0.5, 0.6) is 11.5 Å². The molecule has 0 aliphatic rings. The number of carboxylic acid groups (broad SMARTS) is 1. The van der Waals surface area contributed by atoms with E-state index in [1.165, 1.54) is 20.3 Å². The number of benzene rings is 2. The smallest absolute Gasteiger partial charge is 0.326 e. The van der Waals surface area contributed by atoms with Crippen LogP contribution >= 0.6 is 0 Å². The van der Waals surface area contributed by atoms with Crippen LogP contribution in [0.25, 0.3) is 0 Å². The Balaban J connectivity index is 2.40. The minimum Gasteiger partial charge on any atom is -0.493 e. The summed E-state index contributed by atoms with van der Waals surface area (Å²) in [7, 11) is 2.94. The maximum absolute atomic E-state index is 13.1. The SMILES string of the molecule is COc1ccc(C(=O)CN(C(=O)c2ccccc2)C(C(=O)O)C(C)C)cc1OC. The van der Waals surface area contributed by atoms with Crippen LogP contribution in [0.15, 0.2) is 48.5 Å². The van der Waals surface area contributed by atoms with Gasteiger partial charge in [-0.05, 0) is 36.2 Å². The first-order valence-corrected chi connectivity index (χ1v) is 9.14. The van der Waals surface area contributed by atoms with Crippen molar-refractivity contribution in [3.63, 3.8) is 0 Å². The van der Waals surface area contributed by atoms with Crippen molar-refractivity contribution in [1.29, 1.82) is 0 Å². The second-order valence-electron chi connectivity index (χ2n) is 6.82. The Morgan fingerprint density at radius 3 is 2.07 bits per heavy atom. The zero-order valence-electron chi connectivity index (χ0n) is 16.9. The van der Waals surface area contributed by atoms with Gasteiger partial charge < -0.3 is 19.5 Å². The summed E-state index contributed by atoms with van der Waals surface area (Å²) in [6.45, 7) is 3.02. The average Bonchev–Trinajstić information content (AvgIpc) is 2.72. The number of carboxylic acids is 1. The molecule has 1 atom stereocenters. The highest BCUT2D eigenvalue weighted by atomic mass is 16.5. The molecule has 0 spiro atoms. The number of ether oxygens (including phenoxy) is 2. The van der Waals surface area contributed by atoms with Crippen molar-refractivity contribution in [2.45, 2.75) is 19.9 Å². The third kappa shape index (κ3) is 5.13. The molecule has 0 aliphatic heterocycles. The monoisotopic (exact) mass is 399 g/mol. The summed E-state index contributed by atoms with van der Waals surface area (Å²) in [6.07, 6.45) is 0. The molecule has 0 bridgehead atoms. The molecule has 0 aromatic heterocycles. The van der Waals surface area contributed by atoms with Crippen molar-refractivity contribution in [2.24, 2.45) is 5.92 Å². The van der Waals surface area contributed by atoms with E-state index in [2.05, 4.69) is 0 Å². The Bertz CT molecular complexity index is 878. The second kappa shape index (κ2) is 9.73. The summed E-state index contributed by atoms with van der Waals surface area (Å²) in [5.74, 6) is -1.63. The summed E-state index contributed by atoms with van der Waals surface area (Å²) >= 11 is 0. The van der Waals surface area contributed by atoms with E-state index in [9.17, 15) is 19.5 Å². The fourth-order valence-electron chi connectivity index (χ4n) is 3.08. The highest BCUT2D eigenvalue weighted by molar-refractivity contribution is 6.03. The predicted octanol–water partition coefficient (Wildman–Crippen LogP) is 3.14. The third-order valence-electron chi connectivity index (χ3n) is 4.52. The van der Waals surface area contributed by atoms with Crippen LogP contribution in [0.1, 0.15) is 34.6 Å². The van der Waals surface area contributed by atoms with Crippen LogP contribution in [0.3, 0.4) is 0 Å². The summed E-state index contributed by atoms with van der Waals surface area (Å²) in [6, 6.07) is 11.8. The van der Waals surface area contributed by atoms with E-state index < -0.39 is 29.6 Å². The number of hydrogen-bond donors (Lipinski definition) is 1.